The van der Waals surface area contributed by atoms with E-state index in [1.807, 2.05) is 43.3 Å². The molecule has 25 heavy (non-hydrogen) atoms. The Balaban J connectivity index is 1.59. The maximum absolute atomic E-state index is 12.3. The van der Waals surface area contributed by atoms with Gasteiger partial charge in [-0.2, -0.15) is 0 Å². The maximum atomic E-state index is 12.3. The van der Waals surface area contributed by atoms with Gasteiger partial charge in [0.1, 0.15) is 0 Å². The number of carbonyl (C=O) groups excluding carboxylic acids is 2. The molecule has 1 atom stereocenters. The van der Waals surface area contributed by atoms with E-state index in [9.17, 15) is 9.59 Å². The lowest BCUT2D eigenvalue weighted by molar-refractivity contribution is -0.124. The van der Waals surface area contributed by atoms with Gasteiger partial charge < -0.3 is 15.4 Å². The second-order valence-corrected chi connectivity index (χ2v) is 6.31. The molecule has 0 aliphatic heterocycles. The zero-order chi connectivity index (χ0) is 17.6. The average molecular weight is 338 g/mol. The largest absolute Gasteiger partial charge is 0.452 e. The Morgan fingerprint density at radius 1 is 1.08 bits per heavy atom. The third-order valence-corrected chi connectivity index (χ3v) is 4.25. The Kier molecular flexibility index (Phi) is 5.33. The standard InChI is InChI=1S/C20H22N2O3/c1-14(15-11-12-15)21-19(23)13-25-20(24)17-9-5-6-10-18(17)22-16-7-3-2-4-8-16/h2-10,14-15,22H,11-13H2,1H3,(H,21,23)/t14-/m0/s1. The van der Waals surface area contributed by atoms with Gasteiger partial charge in [-0.1, -0.05) is 30.3 Å². The summed E-state index contributed by atoms with van der Waals surface area (Å²) in [4.78, 5) is 24.2. The first-order valence-electron chi connectivity index (χ1n) is 8.51. The molecule has 2 aromatic carbocycles. The van der Waals surface area contributed by atoms with E-state index in [4.69, 9.17) is 4.74 Å². The molecule has 1 aliphatic carbocycles. The summed E-state index contributed by atoms with van der Waals surface area (Å²) < 4.78 is 5.18. The normalized spacial score (nSPS) is 14.4. The number of rotatable bonds is 7. The fraction of sp³-hybridized carbons (Fsp3) is 0.300. The molecular formula is C20H22N2O3. The molecule has 0 heterocycles. The molecule has 1 amide bonds. The van der Waals surface area contributed by atoms with Crippen LogP contribution in [-0.2, 0) is 9.53 Å². The third-order valence-electron chi connectivity index (χ3n) is 4.25. The summed E-state index contributed by atoms with van der Waals surface area (Å²) in [5.41, 5.74) is 1.92. The van der Waals surface area contributed by atoms with E-state index in [1.54, 1.807) is 18.2 Å². The topological polar surface area (TPSA) is 67.4 Å². The number of hydrogen-bond acceptors (Lipinski definition) is 4. The molecular weight excluding hydrogens is 316 g/mol. The number of benzene rings is 2. The van der Waals surface area contributed by atoms with Gasteiger partial charge in [0.2, 0.25) is 0 Å². The molecule has 5 heteroatoms. The first-order valence-corrected chi connectivity index (χ1v) is 8.51. The monoisotopic (exact) mass is 338 g/mol. The number of carbonyl (C=O) groups is 2. The van der Waals surface area contributed by atoms with Crippen molar-refractivity contribution >= 4 is 23.3 Å². The van der Waals surface area contributed by atoms with E-state index in [-0.39, 0.29) is 18.6 Å². The van der Waals surface area contributed by atoms with Crippen molar-refractivity contribution in [1.29, 1.82) is 0 Å². The van der Waals surface area contributed by atoms with Crippen LogP contribution in [0.1, 0.15) is 30.1 Å². The molecule has 5 nitrogen and oxygen atoms in total. The predicted octanol–water partition coefficient (Wildman–Crippen LogP) is 3.50. The quantitative estimate of drug-likeness (QED) is 0.758. The van der Waals surface area contributed by atoms with Crippen molar-refractivity contribution in [2.45, 2.75) is 25.8 Å². The fourth-order valence-corrected chi connectivity index (χ4v) is 2.67. The number of amides is 1. The Morgan fingerprint density at radius 2 is 1.76 bits per heavy atom. The molecule has 2 aromatic rings. The molecule has 0 spiro atoms. The molecule has 130 valence electrons. The van der Waals surface area contributed by atoms with Crippen molar-refractivity contribution in [2.24, 2.45) is 5.92 Å². The minimum atomic E-state index is -0.520. The van der Waals surface area contributed by atoms with Gasteiger partial charge in [-0.15, -0.1) is 0 Å². The van der Waals surface area contributed by atoms with Crippen LogP contribution < -0.4 is 10.6 Å². The van der Waals surface area contributed by atoms with Crippen LogP contribution in [0.3, 0.4) is 0 Å². The summed E-state index contributed by atoms with van der Waals surface area (Å²) in [6.45, 7) is 1.71. The Hall–Kier alpha value is -2.82. The van der Waals surface area contributed by atoms with E-state index in [0.717, 1.165) is 18.5 Å². The molecule has 1 aliphatic rings. The highest BCUT2D eigenvalue weighted by molar-refractivity contribution is 5.97. The van der Waals surface area contributed by atoms with Crippen LogP contribution in [0, 0.1) is 5.92 Å². The lowest BCUT2D eigenvalue weighted by Crippen LogP contribution is -2.37. The van der Waals surface area contributed by atoms with Crippen molar-refractivity contribution in [3.05, 3.63) is 60.2 Å². The van der Waals surface area contributed by atoms with E-state index in [0.29, 0.717) is 17.2 Å². The highest BCUT2D eigenvalue weighted by Crippen LogP contribution is 2.32. The van der Waals surface area contributed by atoms with Crippen LogP contribution in [0.25, 0.3) is 0 Å². The minimum Gasteiger partial charge on any atom is -0.452 e. The van der Waals surface area contributed by atoms with Crippen molar-refractivity contribution in [2.75, 3.05) is 11.9 Å². The number of esters is 1. The van der Waals surface area contributed by atoms with Crippen molar-refractivity contribution in [3.63, 3.8) is 0 Å². The second kappa shape index (κ2) is 7.83. The van der Waals surface area contributed by atoms with Crippen LogP contribution in [0.15, 0.2) is 54.6 Å². The van der Waals surface area contributed by atoms with Gasteiger partial charge in [0.15, 0.2) is 6.61 Å². The van der Waals surface area contributed by atoms with Crippen LogP contribution >= 0.6 is 0 Å². The van der Waals surface area contributed by atoms with Gasteiger partial charge in [-0.25, -0.2) is 4.79 Å². The molecule has 0 bridgehead atoms. The first kappa shape index (κ1) is 17.0. The van der Waals surface area contributed by atoms with Crippen LogP contribution in [-0.4, -0.2) is 24.5 Å². The lowest BCUT2D eigenvalue weighted by atomic mass is 10.1. The third kappa shape index (κ3) is 4.83. The highest BCUT2D eigenvalue weighted by Gasteiger charge is 2.29. The molecule has 1 fully saturated rings. The molecule has 0 unspecified atom stereocenters. The molecule has 0 radical (unpaired) electrons. The van der Waals surface area contributed by atoms with E-state index in [2.05, 4.69) is 10.6 Å². The van der Waals surface area contributed by atoms with E-state index < -0.39 is 5.97 Å². The van der Waals surface area contributed by atoms with Gasteiger partial charge in [0.25, 0.3) is 5.91 Å². The summed E-state index contributed by atoms with van der Waals surface area (Å²) in [5, 5.41) is 6.07. The van der Waals surface area contributed by atoms with Crippen molar-refractivity contribution < 1.29 is 14.3 Å². The first-order chi connectivity index (χ1) is 12.1. The van der Waals surface area contributed by atoms with Crippen molar-refractivity contribution in [3.8, 4) is 0 Å². The molecule has 1 saturated carbocycles. The Bertz CT molecular complexity index is 742. The number of para-hydroxylation sites is 2. The summed E-state index contributed by atoms with van der Waals surface area (Å²) in [6, 6.07) is 16.8. The van der Waals surface area contributed by atoms with Gasteiger partial charge in [-0.05, 0) is 49.9 Å². The second-order valence-electron chi connectivity index (χ2n) is 6.31. The Morgan fingerprint density at radius 3 is 2.48 bits per heavy atom. The number of anilines is 2. The van der Waals surface area contributed by atoms with Gasteiger partial charge >= 0.3 is 5.97 Å². The predicted molar refractivity (Wildman–Crippen MR) is 96.8 cm³/mol. The Labute approximate surface area is 147 Å². The summed E-state index contributed by atoms with van der Waals surface area (Å²) in [7, 11) is 0. The smallest absolute Gasteiger partial charge is 0.340 e. The lowest BCUT2D eigenvalue weighted by Gasteiger charge is -2.14. The van der Waals surface area contributed by atoms with Gasteiger partial charge in [0.05, 0.1) is 11.3 Å². The SMILES string of the molecule is C[C@H](NC(=O)COC(=O)c1ccccc1Nc1ccccc1)C1CC1. The van der Waals surface area contributed by atoms with Crippen LogP contribution in [0.4, 0.5) is 11.4 Å². The summed E-state index contributed by atoms with van der Waals surface area (Å²) in [6.07, 6.45) is 2.31. The summed E-state index contributed by atoms with van der Waals surface area (Å²) >= 11 is 0. The van der Waals surface area contributed by atoms with E-state index >= 15 is 0 Å². The van der Waals surface area contributed by atoms with Gasteiger partial charge in [-0.3, -0.25) is 4.79 Å². The fourth-order valence-electron chi connectivity index (χ4n) is 2.67. The number of hydrogen-bond donors (Lipinski definition) is 2. The average Bonchev–Trinajstić information content (AvgIpc) is 3.46. The van der Waals surface area contributed by atoms with Crippen LogP contribution in [0.5, 0.6) is 0 Å². The minimum absolute atomic E-state index is 0.137. The summed E-state index contributed by atoms with van der Waals surface area (Å²) in [5.74, 6) is -0.218. The number of nitrogens with one attached hydrogen (secondary N) is 2. The highest BCUT2D eigenvalue weighted by atomic mass is 16.5. The molecule has 2 N–H and O–H groups in total. The van der Waals surface area contributed by atoms with Crippen molar-refractivity contribution in [1.82, 2.24) is 5.32 Å². The van der Waals surface area contributed by atoms with E-state index in [1.165, 1.54) is 0 Å². The molecule has 3 rings (SSSR count). The molecule has 0 saturated heterocycles. The number of ether oxygens (including phenoxy) is 1. The molecule has 0 aromatic heterocycles. The zero-order valence-electron chi connectivity index (χ0n) is 14.2. The van der Waals surface area contributed by atoms with Gasteiger partial charge in [0, 0.05) is 11.7 Å². The van der Waals surface area contributed by atoms with Crippen LogP contribution in [0.2, 0.25) is 0 Å². The maximum Gasteiger partial charge on any atom is 0.340 e. The zero-order valence-corrected chi connectivity index (χ0v) is 14.2.